The fourth-order valence-corrected chi connectivity index (χ4v) is 4.26. The summed E-state index contributed by atoms with van der Waals surface area (Å²) in [6, 6.07) is 19.4. The van der Waals surface area contributed by atoms with E-state index >= 15 is 0 Å². The van der Waals surface area contributed by atoms with Crippen molar-refractivity contribution in [2.24, 2.45) is 0 Å². The van der Waals surface area contributed by atoms with Crippen LogP contribution in [0.1, 0.15) is 0 Å². The van der Waals surface area contributed by atoms with E-state index in [9.17, 15) is 13.2 Å². The number of fused-ring (bicyclic) bond motifs is 1. The predicted molar refractivity (Wildman–Crippen MR) is 119 cm³/mol. The highest BCUT2D eigenvalue weighted by atomic mass is 79.9. The molecule has 4 rings (SSSR count). The van der Waals surface area contributed by atoms with E-state index in [1.54, 1.807) is 55.6 Å². The number of hydrogen-bond donors (Lipinski definition) is 1. The van der Waals surface area contributed by atoms with E-state index in [0.29, 0.717) is 17.1 Å². The Kier molecular flexibility index (Phi) is 5.36. The molecule has 0 aliphatic carbocycles. The van der Waals surface area contributed by atoms with Gasteiger partial charge in [-0.1, -0.05) is 15.9 Å². The third-order valence-electron chi connectivity index (χ3n) is 4.48. The molecule has 6 nitrogen and oxygen atoms in total. The van der Waals surface area contributed by atoms with E-state index in [-0.39, 0.29) is 21.4 Å². The van der Waals surface area contributed by atoms with Crippen LogP contribution in [0.5, 0.6) is 5.75 Å². The third-order valence-corrected chi connectivity index (χ3v) is 6.40. The Bertz CT molecular complexity index is 1380. The molecule has 0 aliphatic rings. The van der Waals surface area contributed by atoms with Crippen molar-refractivity contribution in [2.45, 2.75) is 4.90 Å². The molecule has 0 bridgehead atoms. The molecule has 0 atom stereocenters. The van der Waals surface area contributed by atoms with Crippen LogP contribution in [0, 0.1) is 0 Å². The van der Waals surface area contributed by atoms with Crippen LogP contribution in [0.3, 0.4) is 0 Å². The highest BCUT2D eigenvalue weighted by Crippen LogP contribution is 2.26. The average Bonchev–Trinajstić information content (AvgIpc) is 2.74. The standard InChI is InChI=1S/C22H16BrNO5S/c1-28-17-7-2-14(3-8-17)22-13-20(25)19-12-16(6-11-21(19)29-22)24-30(26,27)18-9-4-15(23)5-10-18/h2-13,24H,1H3. The number of anilines is 1. The Labute approximate surface area is 181 Å². The van der Waals surface area contributed by atoms with Crippen LogP contribution in [-0.2, 0) is 10.0 Å². The Morgan fingerprint density at radius 1 is 0.933 bits per heavy atom. The molecule has 0 aliphatic heterocycles. The van der Waals surface area contributed by atoms with Crippen molar-refractivity contribution >= 4 is 42.6 Å². The summed E-state index contributed by atoms with van der Waals surface area (Å²) in [7, 11) is -2.21. The first-order valence-corrected chi connectivity index (χ1v) is 11.1. The van der Waals surface area contributed by atoms with Crippen LogP contribution < -0.4 is 14.9 Å². The number of sulfonamides is 1. The minimum absolute atomic E-state index is 0.118. The molecule has 8 heteroatoms. The Hall–Kier alpha value is -3.10. The number of benzene rings is 3. The molecule has 1 N–H and O–H groups in total. The lowest BCUT2D eigenvalue weighted by Gasteiger charge is -2.09. The first kappa shape index (κ1) is 20.2. The summed E-state index contributed by atoms with van der Waals surface area (Å²) in [4.78, 5) is 12.8. The molecule has 3 aromatic carbocycles. The van der Waals surface area contributed by atoms with E-state index in [1.165, 1.54) is 24.3 Å². The van der Waals surface area contributed by atoms with Crippen molar-refractivity contribution in [3.05, 3.63) is 87.5 Å². The van der Waals surface area contributed by atoms with E-state index in [4.69, 9.17) is 9.15 Å². The van der Waals surface area contributed by atoms with Crippen LogP contribution in [0.15, 0.2) is 91.4 Å². The molecule has 0 radical (unpaired) electrons. The molecule has 0 unspecified atom stereocenters. The second-order valence-electron chi connectivity index (χ2n) is 6.47. The molecule has 0 saturated heterocycles. The second-order valence-corrected chi connectivity index (χ2v) is 9.07. The van der Waals surface area contributed by atoms with Gasteiger partial charge in [-0.2, -0.15) is 0 Å². The molecule has 0 amide bonds. The number of methoxy groups -OCH3 is 1. The summed E-state index contributed by atoms with van der Waals surface area (Å²) >= 11 is 3.28. The fourth-order valence-electron chi connectivity index (χ4n) is 2.95. The SMILES string of the molecule is COc1ccc(-c2cc(=O)c3cc(NS(=O)(=O)c4ccc(Br)cc4)ccc3o2)cc1. The summed E-state index contributed by atoms with van der Waals surface area (Å²) in [5.74, 6) is 1.11. The van der Waals surface area contributed by atoms with Crippen LogP contribution in [0.4, 0.5) is 5.69 Å². The van der Waals surface area contributed by atoms with Gasteiger partial charge in [0.1, 0.15) is 17.1 Å². The van der Waals surface area contributed by atoms with Gasteiger partial charge in [0.15, 0.2) is 5.43 Å². The number of hydrogen-bond acceptors (Lipinski definition) is 5. The highest BCUT2D eigenvalue weighted by molar-refractivity contribution is 9.10. The lowest BCUT2D eigenvalue weighted by atomic mass is 10.1. The van der Waals surface area contributed by atoms with Crippen molar-refractivity contribution < 1.29 is 17.6 Å². The summed E-state index contributed by atoms with van der Waals surface area (Å²) < 4.78 is 39.4. The molecule has 0 spiro atoms. The van der Waals surface area contributed by atoms with E-state index in [2.05, 4.69) is 20.7 Å². The molecule has 30 heavy (non-hydrogen) atoms. The normalized spacial score (nSPS) is 11.4. The maximum Gasteiger partial charge on any atom is 0.261 e. The van der Waals surface area contributed by atoms with E-state index < -0.39 is 10.0 Å². The second kappa shape index (κ2) is 7.97. The van der Waals surface area contributed by atoms with E-state index in [0.717, 1.165) is 10.0 Å². The smallest absolute Gasteiger partial charge is 0.261 e. The van der Waals surface area contributed by atoms with Gasteiger partial charge in [0.05, 0.1) is 17.4 Å². The van der Waals surface area contributed by atoms with Crippen molar-refractivity contribution in [3.63, 3.8) is 0 Å². The van der Waals surface area contributed by atoms with Gasteiger partial charge in [-0.3, -0.25) is 9.52 Å². The van der Waals surface area contributed by atoms with Gasteiger partial charge >= 0.3 is 0 Å². The van der Waals surface area contributed by atoms with Crippen LogP contribution in [0.2, 0.25) is 0 Å². The summed E-state index contributed by atoms with van der Waals surface area (Å²) in [5.41, 5.74) is 1.09. The van der Waals surface area contributed by atoms with Crippen LogP contribution in [-0.4, -0.2) is 15.5 Å². The minimum Gasteiger partial charge on any atom is -0.497 e. The van der Waals surface area contributed by atoms with Gasteiger partial charge in [-0.05, 0) is 66.7 Å². The summed E-state index contributed by atoms with van der Waals surface area (Å²) in [6.45, 7) is 0. The quantitative estimate of drug-likeness (QED) is 0.428. The van der Waals surface area contributed by atoms with Crippen molar-refractivity contribution in [2.75, 3.05) is 11.8 Å². The lowest BCUT2D eigenvalue weighted by molar-refractivity contribution is 0.415. The molecular weight excluding hydrogens is 470 g/mol. The third kappa shape index (κ3) is 4.10. The Morgan fingerprint density at radius 3 is 2.30 bits per heavy atom. The zero-order valence-corrected chi connectivity index (χ0v) is 18.2. The van der Waals surface area contributed by atoms with Crippen LogP contribution in [0.25, 0.3) is 22.3 Å². The molecule has 152 valence electrons. The lowest BCUT2D eigenvalue weighted by Crippen LogP contribution is -2.13. The molecular formula is C22H16BrNO5S. The molecule has 0 fully saturated rings. The van der Waals surface area contributed by atoms with Gasteiger partial charge in [0, 0.05) is 21.8 Å². The minimum atomic E-state index is -3.78. The molecule has 4 aromatic rings. The summed E-state index contributed by atoms with van der Waals surface area (Å²) in [6.07, 6.45) is 0. The summed E-state index contributed by atoms with van der Waals surface area (Å²) in [5, 5.41) is 0.281. The average molecular weight is 486 g/mol. The fraction of sp³-hybridized carbons (Fsp3) is 0.0455. The maximum absolute atomic E-state index is 12.7. The molecule has 1 heterocycles. The number of ether oxygens (including phenoxy) is 1. The molecule has 0 saturated carbocycles. The Balaban J connectivity index is 1.68. The number of halogens is 1. The first-order chi connectivity index (χ1) is 14.4. The monoisotopic (exact) mass is 485 g/mol. The predicted octanol–water partition coefficient (Wildman–Crippen LogP) is 5.03. The molecule has 1 aromatic heterocycles. The maximum atomic E-state index is 12.7. The Morgan fingerprint density at radius 2 is 1.63 bits per heavy atom. The van der Waals surface area contributed by atoms with Gasteiger partial charge in [0.2, 0.25) is 0 Å². The highest BCUT2D eigenvalue weighted by Gasteiger charge is 2.15. The topological polar surface area (TPSA) is 85.6 Å². The zero-order valence-electron chi connectivity index (χ0n) is 15.8. The zero-order chi connectivity index (χ0) is 21.3. The van der Waals surface area contributed by atoms with Gasteiger partial charge in [-0.25, -0.2) is 8.42 Å². The van der Waals surface area contributed by atoms with Crippen LogP contribution >= 0.6 is 15.9 Å². The number of nitrogens with one attached hydrogen (secondary N) is 1. The van der Waals surface area contributed by atoms with Gasteiger partial charge < -0.3 is 9.15 Å². The van der Waals surface area contributed by atoms with Crippen molar-refractivity contribution in [1.29, 1.82) is 0 Å². The van der Waals surface area contributed by atoms with Crippen molar-refractivity contribution in [1.82, 2.24) is 0 Å². The van der Waals surface area contributed by atoms with Gasteiger partial charge in [0.25, 0.3) is 10.0 Å². The van der Waals surface area contributed by atoms with Crippen molar-refractivity contribution in [3.8, 4) is 17.1 Å². The first-order valence-electron chi connectivity index (χ1n) is 8.86. The number of rotatable bonds is 5. The largest absolute Gasteiger partial charge is 0.497 e. The van der Waals surface area contributed by atoms with Gasteiger partial charge in [-0.15, -0.1) is 0 Å². The van der Waals surface area contributed by atoms with E-state index in [1.807, 2.05) is 0 Å².